The molecule has 2 unspecified atom stereocenters. The van der Waals surface area contributed by atoms with Crippen LogP contribution in [0.5, 0.6) is 5.75 Å². The average Bonchev–Trinajstić information content (AvgIpc) is 2.90. The van der Waals surface area contributed by atoms with Crippen molar-refractivity contribution in [1.82, 2.24) is 10.3 Å². The molecular formula is C29H28N2O4. The molecule has 0 spiro atoms. The van der Waals surface area contributed by atoms with Crippen LogP contribution in [-0.4, -0.2) is 28.1 Å². The Morgan fingerprint density at radius 3 is 2.14 bits per heavy atom. The molecule has 6 nitrogen and oxygen atoms in total. The fourth-order valence-electron chi connectivity index (χ4n) is 4.11. The predicted octanol–water partition coefficient (Wildman–Crippen LogP) is 6.02. The standard InChI is InChI=1S/C29H28N2O4/c1-3-22(19-13-7-5-8-14-19)31-28(32)25-21-17-11-12-18-23(21)30-26(20-15-9-6-10-16-20)27(25)35-24(4-2)29(33)34/h5-18,22,24H,3-4H2,1-2H3,(H,31,32)(H,33,34). The zero-order chi connectivity index (χ0) is 24.8. The highest BCUT2D eigenvalue weighted by Gasteiger charge is 2.28. The Bertz CT molecular complexity index is 1320. The minimum atomic E-state index is -1.12. The Labute approximate surface area is 204 Å². The molecule has 0 saturated carbocycles. The van der Waals surface area contributed by atoms with Crippen LogP contribution in [0.3, 0.4) is 0 Å². The van der Waals surface area contributed by atoms with E-state index in [2.05, 4.69) is 5.32 Å². The quantitative estimate of drug-likeness (QED) is 0.313. The van der Waals surface area contributed by atoms with Gasteiger partial charge in [-0.05, 0) is 24.5 Å². The van der Waals surface area contributed by atoms with Gasteiger partial charge in [0, 0.05) is 10.9 Å². The van der Waals surface area contributed by atoms with E-state index >= 15 is 0 Å². The van der Waals surface area contributed by atoms with Crippen molar-refractivity contribution in [2.24, 2.45) is 0 Å². The average molecular weight is 469 g/mol. The third-order valence-electron chi connectivity index (χ3n) is 5.94. The highest BCUT2D eigenvalue weighted by Crippen LogP contribution is 2.37. The molecule has 1 amide bonds. The van der Waals surface area contributed by atoms with Crippen LogP contribution in [0.15, 0.2) is 84.9 Å². The number of carbonyl (C=O) groups is 2. The van der Waals surface area contributed by atoms with E-state index in [9.17, 15) is 14.7 Å². The zero-order valence-electron chi connectivity index (χ0n) is 19.8. The number of para-hydroxylation sites is 1. The van der Waals surface area contributed by atoms with E-state index in [4.69, 9.17) is 9.72 Å². The number of amides is 1. The van der Waals surface area contributed by atoms with Crippen molar-refractivity contribution in [2.45, 2.75) is 38.8 Å². The van der Waals surface area contributed by atoms with Crippen LogP contribution < -0.4 is 10.1 Å². The molecule has 3 aromatic carbocycles. The number of fused-ring (bicyclic) bond motifs is 1. The number of carbonyl (C=O) groups excluding carboxylic acids is 1. The van der Waals surface area contributed by atoms with E-state index in [-0.39, 0.29) is 29.7 Å². The van der Waals surface area contributed by atoms with Crippen LogP contribution >= 0.6 is 0 Å². The lowest BCUT2D eigenvalue weighted by molar-refractivity contribution is -0.145. The molecule has 6 heteroatoms. The van der Waals surface area contributed by atoms with Crippen molar-refractivity contribution in [2.75, 3.05) is 0 Å². The van der Waals surface area contributed by atoms with Crippen LogP contribution in [0.2, 0.25) is 0 Å². The molecular weight excluding hydrogens is 440 g/mol. The summed E-state index contributed by atoms with van der Waals surface area (Å²) in [5.41, 5.74) is 3.06. The second kappa shape index (κ2) is 10.8. The van der Waals surface area contributed by atoms with Crippen LogP contribution in [-0.2, 0) is 4.79 Å². The van der Waals surface area contributed by atoms with Gasteiger partial charge in [-0.2, -0.15) is 0 Å². The second-order valence-electron chi connectivity index (χ2n) is 8.25. The van der Waals surface area contributed by atoms with E-state index in [1.807, 2.05) is 91.9 Å². The lowest BCUT2D eigenvalue weighted by atomic mass is 9.99. The third-order valence-corrected chi connectivity index (χ3v) is 5.94. The molecule has 4 aromatic rings. The number of hydrogen-bond acceptors (Lipinski definition) is 4. The van der Waals surface area contributed by atoms with Gasteiger partial charge in [-0.25, -0.2) is 9.78 Å². The molecule has 2 atom stereocenters. The Balaban J connectivity index is 1.92. The Kier molecular flexibility index (Phi) is 7.41. The Hall–Kier alpha value is -4.19. The van der Waals surface area contributed by atoms with Gasteiger partial charge in [0.15, 0.2) is 11.9 Å². The number of aliphatic carboxylic acids is 1. The maximum absolute atomic E-state index is 13.9. The smallest absolute Gasteiger partial charge is 0.344 e. The van der Waals surface area contributed by atoms with Gasteiger partial charge >= 0.3 is 5.97 Å². The second-order valence-corrected chi connectivity index (χ2v) is 8.25. The number of rotatable bonds is 9. The summed E-state index contributed by atoms with van der Waals surface area (Å²) < 4.78 is 6.07. The first-order valence-corrected chi connectivity index (χ1v) is 11.8. The number of ether oxygens (including phenoxy) is 1. The summed E-state index contributed by atoms with van der Waals surface area (Å²) in [5.74, 6) is -1.27. The number of carboxylic acid groups (broad SMARTS) is 1. The molecule has 1 aromatic heterocycles. The lowest BCUT2D eigenvalue weighted by Crippen LogP contribution is -2.31. The van der Waals surface area contributed by atoms with E-state index in [0.717, 1.165) is 11.1 Å². The van der Waals surface area contributed by atoms with Gasteiger partial charge in [0.05, 0.1) is 17.1 Å². The number of nitrogens with one attached hydrogen (secondary N) is 1. The summed E-state index contributed by atoms with van der Waals surface area (Å²) in [7, 11) is 0. The first kappa shape index (κ1) is 24.0. The number of aromatic nitrogens is 1. The van der Waals surface area contributed by atoms with Crippen LogP contribution in [0.4, 0.5) is 0 Å². The van der Waals surface area contributed by atoms with Crippen molar-refractivity contribution >= 4 is 22.8 Å². The maximum atomic E-state index is 13.9. The molecule has 0 fully saturated rings. The van der Waals surface area contributed by atoms with E-state index in [0.29, 0.717) is 23.0 Å². The molecule has 178 valence electrons. The molecule has 0 saturated heterocycles. The molecule has 2 N–H and O–H groups in total. The van der Waals surface area contributed by atoms with E-state index in [1.165, 1.54) is 0 Å². The van der Waals surface area contributed by atoms with E-state index < -0.39 is 12.1 Å². The summed E-state index contributed by atoms with van der Waals surface area (Å²) in [6.07, 6.45) is -0.199. The molecule has 0 radical (unpaired) electrons. The minimum absolute atomic E-state index is 0.171. The summed E-state index contributed by atoms with van der Waals surface area (Å²) in [4.78, 5) is 30.6. The number of nitrogens with zero attached hydrogens (tertiary/aromatic N) is 1. The molecule has 4 rings (SSSR count). The van der Waals surface area contributed by atoms with Crippen molar-refractivity contribution in [1.29, 1.82) is 0 Å². The number of carboxylic acids is 1. The first-order chi connectivity index (χ1) is 17.0. The van der Waals surface area contributed by atoms with Crippen molar-refractivity contribution in [3.05, 3.63) is 96.1 Å². The fraction of sp³-hybridized carbons (Fsp3) is 0.207. The predicted molar refractivity (Wildman–Crippen MR) is 136 cm³/mol. The normalized spacial score (nSPS) is 12.6. The summed E-state index contributed by atoms with van der Waals surface area (Å²) in [6, 6.07) is 26.2. The molecule has 0 aliphatic carbocycles. The number of benzene rings is 3. The van der Waals surface area contributed by atoms with Gasteiger partial charge < -0.3 is 15.2 Å². The lowest BCUT2D eigenvalue weighted by Gasteiger charge is -2.23. The van der Waals surface area contributed by atoms with Gasteiger partial charge in [-0.15, -0.1) is 0 Å². The first-order valence-electron chi connectivity index (χ1n) is 11.8. The topological polar surface area (TPSA) is 88.5 Å². The molecule has 0 aliphatic heterocycles. The molecule has 0 aliphatic rings. The third kappa shape index (κ3) is 5.17. The van der Waals surface area contributed by atoms with Crippen LogP contribution in [0.1, 0.15) is 48.7 Å². The molecule has 35 heavy (non-hydrogen) atoms. The fourth-order valence-corrected chi connectivity index (χ4v) is 4.11. The van der Waals surface area contributed by atoms with Crippen molar-refractivity contribution in [3.63, 3.8) is 0 Å². The van der Waals surface area contributed by atoms with Crippen molar-refractivity contribution < 1.29 is 19.4 Å². The summed E-state index contributed by atoms with van der Waals surface area (Å²) in [5, 5.41) is 13.5. The summed E-state index contributed by atoms with van der Waals surface area (Å²) >= 11 is 0. The van der Waals surface area contributed by atoms with Gasteiger partial charge in [0.1, 0.15) is 5.69 Å². The largest absolute Gasteiger partial charge is 0.479 e. The van der Waals surface area contributed by atoms with E-state index in [1.54, 1.807) is 6.92 Å². The van der Waals surface area contributed by atoms with Gasteiger partial charge in [0.25, 0.3) is 5.91 Å². The van der Waals surface area contributed by atoms with Crippen molar-refractivity contribution in [3.8, 4) is 17.0 Å². The number of hydrogen-bond donors (Lipinski definition) is 2. The summed E-state index contributed by atoms with van der Waals surface area (Å²) in [6.45, 7) is 3.74. The molecule has 0 bridgehead atoms. The number of pyridine rings is 1. The van der Waals surface area contributed by atoms with Gasteiger partial charge in [-0.1, -0.05) is 92.7 Å². The monoisotopic (exact) mass is 468 g/mol. The Morgan fingerprint density at radius 1 is 0.886 bits per heavy atom. The highest BCUT2D eigenvalue weighted by atomic mass is 16.5. The molecule has 1 heterocycles. The van der Waals surface area contributed by atoms with Crippen LogP contribution in [0, 0.1) is 0 Å². The SMILES string of the molecule is CCC(Oc1c(-c2ccccc2)nc2ccccc2c1C(=O)NC(CC)c1ccccc1)C(=O)O. The van der Waals surface area contributed by atoms with Gasteiger partial charge in [0.2, 0.25) is 0 Å². The zero-order valence-corrected chi connectivity index (χ0v) is 19.8. The Morgan fingerprint density at radius 2 is 1.51 bits per heavy atom. The maximum Gasteiger partial charge on any atom is 0.344 e. The highest BCUT2D eigenvalue weighted by molar-refractivity contribution is 6.10. The van der Waals surface area contributed by atoms with Crippen LogP contribution in [0.25, 0.3) is 22.2 Å². The van der Waals surface area contributed by atoms with Gasteiger partial charge in [-0.3, -0.25) is 4.79 Å². The minimum Gasteiger partial charge on any atom is -0.479 e.